The Bertz CT molecular complexity index is 577. The van der Waals surface area contributed by atoms with Crippen molar-refractivity contribution in [3.05, 3.63) is 6.33 Å². The van der Waals surface area contributed by atoms with Crippen molar-refractivity contribution in [3.63, 3.8) is 0 Å². The summed E-state index contributed by atoms with van der Waals surface area (Å²) in [5.41, 5.74) is 1.57. The molecule has 1 saturated heterocycles. The van der Waals surface area contributed by atoms with Gasteiger partial charge < -0.3 is 19.9 Å². The van der Waals surface area contributed by atoms with E-state index in [1.54, 1.807) is 6.33 Å². The molecule has 0 amide bonds. The number of anilines is 2. The Morgan fingerprint density at radius 3 is 3.15 bits per heavy atom. The number of rotatable bonds is 5. The number of hydrogen-bond acceptors (Lipinski definition) is 6. The van der Waals surface area contributed by atoms with Gasteiger partial charge in [0.1, 0.15) is 5.52 Å². The molecule has 0 radical (unpaired) electrons. The summed E-state index contributed by atoms with van der Waals surface area (Å²) in [5.74, 6) is 1.51. The molecular formula is C13H20N6O. The third-order valence-corrected chi connectivity index (χ3v) is 3.59. The molecule has 2 N–H and O–H groups in total. The van der Waals surface area contributed by atoms with Gasteiger partial charge in [-0.15, -0.1) is 0 Å². The molecule has 2 aromatic rings. The first-order chi connectivity index (χ1) is 9.79. The Morgan fingerprint density at radius 2 is 2.40 bits per heavy atom. The summed E-state index contributed by atoms with van der Waals surface area (Å²) < 4.78 is 5.46. The van der Waals surface area contributed by atoms with Gasteiger partial charge in [0.15, 0.2) is 11.5 Å². The average Bonchev–Trinajstić information content (AvgIpc) is 3.13. The smallest absolute Gasteiger partial charge is 0.226 e. The van der Waals surface area contributed by atoms with Crippen molar-refractivity contribution in [1.29, 1.82) is 0 Å². The number of nitrogens with zero attached hydrogens (tertiary/aromatic N) is 4. The molecule has 0 saturated carbocycles. The normalized spacial score (nSPS) is 18.6. The van der Waals surface area contributed by atoms with Crippen molar-refractivity contribution in [1.82, 2.24) is 19.9 Å². The van der Waals surface area contributed by atoms with E-state index in [-0.39, 0.29) is 0 Å². The van der Waals surface area contributed by atoms with E-state index in [1.165, 1.54) is 0 Å². The van der Waals surface area contributed by atoms with Crippen LogP contribution in [0.3, 0.4) is 0 Å². The molecule has 1 aliphatic heterocycles. The van der Waals surface area contributed by atoms with Crippen molar-refractivity contribution in [2.24, 2.45) is 0 Å². The van der Waals surface area contributed by atoms with E-state index in [9.17, 15) is 0 Å². The second-order valence-electron chi connectivity index (χ2n) is 5.03. The van der Waals surface area contributed by atoms with Gasteiger partial charge in [-0.05, 0) is 12.8 Å². The fraction of sp³-hybridized carbons (Fsp3) is 0.615. The van der Waals surface area contributed by atoms with Crippen LogP contribution in [0.25, 0.3) is 11.2 Å². The van der Waals surface area contributed by atoms with E-state index in [1.807, 2.05) is 7.05 Å². The molecule has 108 valence electrons. The molecule has 7 nitrogen and oxygen atoms in total. The molecule has 3 rings (SSSR count). The highest BCUT2D eigenvalue weighted by Crippen LogP contribution is 2.25. The number of nitrogens with one attached hydrogen (secondary N) is 2. The molecule has 1 atom stereocenters. The maximum atomic E-state index is 5.46. The lowest BCUT2D eigenvalue weighted by Gasteiger charge is -2.24. The highest BCUT2D eigenvalue weighted by molar-refractivity contribution is 5.84. The summed E-state index contributed by atoms with van der Waals surface area (Å²) in [6, 6.07) is 0.357. The van der Waals surface area contributed by atoms with Crippen LogP contribution in [0.2, 0.25) is 0 Å². The second-order valence-corrected chi connectivity index (χ2v) is 5.03. The van der Waals surface area contributed by atoms with Gasteiger partial charge in [0, 0.05) is 20.2 Å². The molecule has 7 heteroatoms. The first-order valence-corrected chi connectivity index (χ1v) is 7.05. The largest absolute Gasteiger partial charge is 0.379 e. The van der Waals surface area contributed by atoms with Crippen molar-refractivity contribution in [2.45, 2.75) is 25.8 Å². The van der Waals surface area contributed by atoms with Crippen LogP contribution in [-0.2, 0) is 4.74 Å². The minimum absolute atomic E-state index is 0.357. The Hall–Kier alpha value is -1.89. The fourth-order valence-electron chi connectivity index (χ4n) is 2.39. The number of ether oxygens (including phenoxy) is 1. The Kier molecular flexibility index (Phi) is 3.68. The molecule has 0 aliphatic carbocycles. The molecule has 2 aromatic heterocycles. The molecule has 0 bridgehead atoms. The highest BCUT2D eigenvalue weighted by Gasteiger charge is 2.24. The van der Waals surface area contributed by atoms with Crippen LogP contribution in [0, 0.1) is 0 Å². The monoisotopic (exact) mass is 276 g/mol. The topological polar surface area (TPSA) is 79.0 Å². The van der Waals surface area contributed by atoms with E-state index in [2.05, 4.69) is 37.1 Å². The number of imidazole rings is 1. The first kappa shape index (κ1) is 13.1. The zero-order valence-electron chi connectivity index (χ0n) is 11.9. The van der Waals surface area contributed by atoms with Crippen LogP contribution in [0.15, 0.2) is 6.33 Å². The number of aromatic amines is 1. The summed E-state index contributed by atoms with van der Waals surface area (Å²) in [5, 5.41) is 3.23. The van der Waals surface area contributed by atoms with Crippen molar-refractivity contribution in [3.8, 4) is 0 Å². The van der Waals surface area contributed by atoms with Crippen molar-refractivity contribution < 1.29 is 4.74 Å². The molecule has 20 heavy (non-hydrogen) atoms. The van der Waals surface area contributed by atoms with Gasteiger partial charge in [-0.2, -0.15) is 9.97 Å². The van der Waals surface area contributed by atoms with Gasteiger partial charge in [-0.3, -0.25) is 0 Å². The van der Waals surface area contributed by atoms with Crippen LogP contribution in [0.1, 0.15) is 19.8 Å². The van der Waals surface area contributed by atoms with Gasteiger partial charge in [0.25, 0.3) is 0 Å². The van der Waals surface area contributed by atoms with Gasteiger partial charge in [-0.1, -0.05) is 6.92 Å². The third kappa shape index (κ3) is 2.40. The molecule has 1 fully saturated rings. The lowest BCUT2D eigenvalue weighted by Crippen LogP contribution is -2.33. The zero-order chi connectivity index (χ0) is 13.9. The van der Waals surface area contributed by atoms with Gasteiger partial charge in [0.2, 0.25) is 5.95 Å². The summed E-state index contributed by atoms with van der Waals surface area (Å²) in [4.78, 5) is 18.6. The summed E-state index contributed by atoms with van der Waals surface area (Å²) >= 11 is 0. The van der Waals surface area contributed by atoms with Crippen molar-refractivity contribution >= 4 is 22.9 Å². The molecule has 0 aromatic carbocycles. The quantitative estimate of drug-likeness (QED) is 0.859. The van der Waals surface area contributed by atoms with Crippen LogP contribution in [-0.4, -0.2) is 52.8 Å². The van der Waals surface area contributed by atoms with Crippen LogP contribution in [0.4, 0.5) is 11.8 Å². The highest BCUT2D eigenvalue weighted by atomic mass is 16.5. The van der Waals surface area contributed by atoms with E-state index in [0.717, 1.165) is 43.9 Å². The lowest BCUT2D eigenvalue weighted by atomic mass is 10.2. The maximum Gasteiger partial charge on any atom is 0.226 e. The molecular weight excluding hydrogens is 256 g/mol. The van der Waals surface area contributed by atoms with Crippen LogP contribution in [0.5, 0.6) is 0 Å². The van der Waals surface area contributed by atoms with E-state index < -0.39 is 0 Å². The number of hydrogen-bond donors (Lipinski definition) is 2. The van der Waals surface area contributed by atoms with Gasteiger partial charge in [-0.25, -0.2) is 4.98 Å². The minimum Gasteiger partial charge on any atom is -0.379 e. The fourth-order valence-corrected chi connectivity index (χ4v) is 2.39. The number of fused-ring (bicyclic) bond motifs is 1. The van der Waals surface area contributed by atoms with Gasteiger partial charge >= 0.3 is 0 Å². The maximum absolute atomic E-state index is 5.46. The average molecular weight is 276 g/mol. The predicted octanol–water partition coefficient (Wildman–Crippen LogP) is 1.40. The number of likely N-dealkylation sites (N-methyl/N-ethyl adjacent to an activating group) is 1. The number of H-pyrrole nitrogens is 1. The van der Waals surface area contributed by atoms with Crippen LogP contribution < -0.4 is 10.2 Å². The van der Waals surface area contributed by atoms with E-state index in [4.69, 9.17) is 4.74 Å². The Labute approximate surface area is 117 Å². The Balaban J connectivity index is 1.96. The van der Waals surface area contributed by atoms with Crippen molar-refractivity contribution in [2.75, 3.05) is 37.0 Å². The zero-order valence-corrected chi connectivity index (χ0v) is 11.9. The standard InChI is InChI=1S/C13H20N6O/c1-3-5-14-13-17-11-10(15-8-16-11)12(18-13)19(2)9-4-6-20-7-9/h8-9H,3-7H2,1-2H3,(H2,14,15,16,17,18). The van der Waals surface area contributed by atoms with Gasteiger partial charge in [0.05, 0.1) is 19.0 Å². The third-order valence-electron chi connectivity index (χ3n) is 3.59. The SMILES string of the molecule is CCCNc1nc(N(C)C2CCOC2)c2[nH]cnc2n1. The predicted molar refractivity (Wildman–Crippen MR) is 78.1 cm³/mol. The Morgan fingerprint density at radius 1 is 1.50 bits per heavy atom. The van der Waals surface area contributed by atoms with Crippen LogP contribution >= 0.6 is 0 Å². The second kappa shape index (κ2) is 5.62. The summed E-state index contributed by atoms with van der Waals surface area (Å²) in [6.45, 7) is 4.52. The molecule has 0 spiro atoms. The first-order valence-electron chi connectivity index (χ1n) is 7.05. The molecule has 3 heterocycles. The molecule has 1 aliphatic rings. The lowest BCUT2D eigenvalue weighted by molar-refractivity contribution is 0.193. The summed E-state index contributed by atoms with van der Waals surface area (Å²) in [6.07, 6.45) is 3.71. The van der Waals surface area contributed by atoms with E-state index >= 15 is 0 Å². The number of aromatic nitrogens is 4. The molecule has 1 unspecified atom stereocenters. The van der Waals surface area contributed by atoms with E-state index in [0.29, 0.717) is 17.6 Å². The minimum atomic E-state index is 0.357. The summed E-state index contributed by atoms with van der Waals surface area (Å²) in [7, 11) is 2.05.